The third-order valence-electron chi connectivity index (χ3n) is 3.30. The predicted molar refractivity (Wildman–Crippen MR) is 61.6 cm³/mol. The van der Waals surface area contributed by atoms with Crippen LogP contribution in [-0.4, -0.2) is 38.9 Å². The van der Waals surface area contributed by atoms with Crippen molar-refractivity contribution in [1.82, 2.24) is 20.7 Å². The second kappa shape index (κ2) is 5.61. The van der Waals surface area contributed by atoms with E-state index in [1.165, 1.54) is 0 Å². The Balaban J connectivity index is 1.71. The van der Waals surface area contributed by atoms with E-state index in [0.717, 1.165) is 5.69 Å². The summed E-state index contributed by atoms with van der Waals surface area (Å²) in [5, 5.41) is 21.7. The van der Waals surface area contributed by atoms with Crippen molar-refractivity contribution in [3.8, 4) is 0 Å². The molecule has 1 aromatic rings. The van der Waals surface area contributed by atoms with E-state index in [1.54, 1.807) is 6.20 Å². The topological polar surface area (TPSA) is 108 Å². The minimum Gasteiger partial charge on any atom is -0.481 e. The van der Waals surface area contributed by atoms with Crippen molar-refractivity contribution in [2.75, 3.05) is 6.54 Å². The number of rotatable bonds is 5. The van der Waals surface area contributed by atoms with Crippen LogP contribution in [0.2, 0.25) is 0 Å². The van der Waals surface area contributed by atoms with Gasteiger partial charge >= 0.3 is 5.97 Å². The summed E-state index contributed by atoms with van der Waals surface area (Å²) >= 11 is 0. The Morgan fingerprint density at radius 1 is 1.44 bits per heavy atom. The van der Waals surface area contributed by atoms with E-state index in [4.69, 9.17) is 5.11 Å². The maximum absolute atomic E-state index is 11.8. The number of hydrogen-bond acceptors (Lipinski definition) is 4. The predicted octanol–water partition coefficient (Wildman–Crippen LogP) is -0.0357. The van der Waals surface area contributed by atoms with Crippen molar-refractivity contribution < 1.29 is 14.7 Å². The van der Waals surface area contributed by atoms with E-state index in [0.29, 0.717) is 32.2 Å². The van der Waals surface area contributed by atoms with Gasteiger partial charge in [0.05, 0.1) is 17.8 Å². The first kappa shape index (κ1) is 12.5. The Bertz CT molecular complexity index is 418. The van der Waals surface area contributed by atoms with Gasteiger partial charge in [0.15, 0.2) is 0 Å². The SMILES string of the molecule is O=C(O)[C@@H]1CC[C@H](C(=O)NCCc2cn[nH]n2)C1. The van der Waals surface area contributed by atoms with Gasteiger partial charge in [-0.25, -0.2) is 0 Å². The summed E-state index contributed by atoms with van der Waals surface area (Å²) in [7, 11) is 0. The number of aromatic amines is 1. The average molecular weight is 252 g/mol. The third kappa shape index (κ3) is 3.06. The number of carboxylic acids is 1. The molecule has 3 N–H and O–H groups in total. The van der Waals surface area contributed by atoms with Crippen LogP contribution in [0.15, 0.2) is 6.20 Å². The van der Waals surface area contributed by atoms with E-state index >= 15 is 0 Å². The fraction of sp³-hybridized carbons (Fsp3) is 0.636. The molecular weight excluding hydrogens is 236 g/mol. The highest BCUT2D eigenvalue weighted by Crippen LogP contribution is 2.30. The fourth-order valence-corrected chi connectivity index (χ4v) is 2.25. The number of hydrogen-bond donors (Lipinski definition) is 3. The Labute approximate surface area is 104 Å². The molecule has 98 valence electrons. The molecule has 0 saturated heterocycles. The maximum Gasteiger partial charge on any atom is 0.306 e. The number of aliphatic carboxylic acids is 1. The Morgan fingerprint density at radius 2 is 2.22 bits per heavy atom. The molecule has 1 fully saturated rings. The van der Waals surface area contributed by atoms with Gasteiger partial charge in [0, 0.05) is 18.9 Å². The summed E-state index contributed by atoms with van der Waals surface area (Å²) in [6.45, 7) is 0.500. The molecule has 1 saturated carbocycles. The monoisotopic (exact) mass is 252 g/mol. The molecule has 7 nitrogen and oxygen atoms in total. The van der Waals surface area contributed by atoms with Gasteiger partial charge in [-0.1, -0.05) is 0 Å². The second-order valence-corrected chi connectivity index (χ2v) is 4.55. The van der Waals surface area contributed by atoms with Crippen LogP contribution in [0.5, 0.6) is 0 Å². The lowest BCUT2D eigenvalue weighted by Gasteiger charge is -2.09. The normalized spacial score (nSPS) is 22.9. The molecular formula is C11H16N4O3. The van der Waals surface area contributed by atoms with Crippen LogP contribution in [0.3, 0.4) is 0 Å². The molecule has 2 rings (SSSR count). The van der Waals surface area contributed by atoms with E-state index in [2.05, 4.69) is 20.7 Å². The molecule has 0 bridgehead atoms. The smallest absolute Gasteiger partial charge is 0.306 e. The summed E-state index contributed by atoms with van der Waals surface area (Å²) in [6.07, 6.45) is 3.94. The molecule has 2 atom stereocenters. The van der Waals surface area contributed by atoms with E-state index in [9.17, 15) is 9.59 Å². The first-order valence-electron chi connectivity index (χ1n) is 6.02. The first-order chi connectivity index (χ1) is 8.66. The van der Waals surface area contributed by atoms with Crippen molar-refractivity contribution >= 4 is 11.9 Å². The maximum atomic E-state index is 11.8. The van der Waals surface area contributed by atoms with Gasteiger partial charge in [0.25, 0.3) is 0 Å². The number of amides is 1. The second-order valence-electron chi connectivity index (χ2n) is 4.55. The molecule has 7 heteroatoms. The van der Waals surface area contributed by atoms with Crippen LogP contribution < -0.4 is 5.32 Å². The van der Waals surface area contributed by atoms with E-state index < -0.39 is 5.97 Å². The zero-order valence-corrected chi connectivity index (χ0v) is 9.93. The molecule has 18 heavy (non-hydrogen) atoms. The highest BCUT2D eigenvalue weighted by atomic mass is 16.4. The zero-order chi connectivity index (χ0) is 13.0. The number of aromatic nitrogens is 3. The summed E-state index contributed by atoms with van der Waals surface area (Å²) < 4.78 is 0. The average Bonchev–Trinajstić information content (AvgIpc) is 2.99. The summed E-state index contributed by atoms with van der Waals surface area (Å²) in [5.41, 5.74) is 0.796. The van der Waals surface area contributed by atoms with Gasteiger partial charge in [-0.2, -0.15) is 15.4 Å². The highest BCUT2D eigenvalue weighted by Gasteiger charge is 2.33. The van der Waals surface area contributed by atoms with Gasteiger partial charge in [-0.05, 0) is 19.3 Å². The minimum absolute atomic E-state index is 0.0535. The van der Waals surface area contributed by atoms with Gasteiger partial charge in [-0.3, -0.25) is 9.59 Å². The van der Waals surface area contributed by atoms with Crippen LogP contribution in [-0.2, 0) is 16.0 Å². The van der Waals surface area contributed by atoms with E-state index in [1.807, 2.05) is 0 Å². The van der Waals surface area contributed by atoms with Crippen molar-refractivity contribution in [3.05, 3.63) is 11.9 Å². The van der Waals surface area contributed by atoms with Crippen LogP contribution in [0, 0.1) is 11.8 Å². The van der Waals surface area contributed by atoms with Crippen molar-refractivity contribution in [3.63, 3.8) is 0 Å². The Kier molecular flexibility index (Phi) is 3.91. The summed E-state index contributed by atoms with van der Waals surface area (Å²) in [5.74, 6) is -1.38. The van der Waals surface area contributed by atoms with E-state index in [-0.39, 0.29) is 17.7 Å². The Hall–Kier alpha value is -1.92. The number of nitrogens with zero attached hydrogens (tertiary/aromatic N) is 2. The lowest BCUT2D eigenvalue weighted by Crippen LogP contribution is -2.31. The number of carbonyl (C=O) groups is 2. The molecule has 1 aliphatic carbocycles. The molecule has 0 radical (unpaired) electrons. The molecule has 0 unspecified atom stereocenters. The third-order valence-corrected chi connectivity index (χ3v) is 3.30. The standard InChI is InChI=1S/C11H16N4O3/c16-10(7-1-2-8(5-7)11(17)18)12-4-3-9-6-13-15-14-9/h6-8H,1-5H2,(H,12,16)(H,17,18)(H,13,14,15)/t7-,8+/m0/s1. The number of carboxylic acid groups (broad SMARTS) is 1. The molecule has 0 spiro atoms. The minimum atomic E-state index is -0.798. The first-order valence-corrected chi connectivity index (χ1v) is 6.02. The zero-order valence-electron chi connectivity index (χ0n) is 9.93. The quantitative estimate of drug-likeness (QED) is 0.681. The largest absolute Gasteiger partial charge is 0.481 e. The summed E-state index contributed by atoms with van der Waals surface area (Å²) in [6, 6.07) is 0. The lowest BCUT2D eigenvalue weighted by molar-refractivity contribution is -0.141. The molecule has 0 aliphatic heterocycles. The highest BCUT2D eigenvalue weighted by molar-refractivity contribution is 5.80. The van der Waals surface area contributed by atoms with Crippen LogP contribution in [0.4, 0.5) is 0 Å². The number of carbonyl (C=O) groups excluding carboxylic acids is 1. The van der Waals surface area contributed by atoms with Crippen molar-refractivity contribution in [2.24, 2.45) is 11.8 Å². The molecule has 1 aliphatic rings. The molecule has 1 heterocycles. The van der Waals surface area contributed by atoms with Crippen LogP contribution >= 0.6 is 0 Å². The van der Waals surface area contributed by atoms with Gasteiger partial charge in [0.1, 0.15) is 0 Å². The number of H-pyrrole nitrogens is 1. The van der Waals surface area contributed by atoms with Crippen LogP contribution in [0.25, 0.3) is 0 Å². The molecule has 1 aromatic heterocycles. The van der Waals surface area contributed by atoms with Gasteiger partial charge < -0.3 is 10.4 Å². The van der Waals surface area contributed by atoms with Crippen LogP contribution in [0.1, 0.15) is 25.0 Å². The van der Waals surface area contributed by atoms with Gasteiger partial charge in [-0.15, -0.1) is 0 Å². The van der Waals surface area contributed by atoms with Crippen molar-refractivity contribution in [2.45, 2.75) is 25.7 Å². The Morgan fingerprint density at radius 3 is 2.83 bits per heavy atom. The number of nitrogens with one attached hydrogen (secondary N) is 2. The fourth-order valence-electron chi connectivity index (χ4n) is 2.25. The molecule has 0 aromatic carbocycles. The van der Waals surface area contributed by atoms with Crippen molar-refractivity contribution in [1.29, 1.82) is 0 Å². The lowest BCUT2D eigenvalue weighted by atomic mass is 10.0. The summed E-state index contributed by atoms with van der Waals surface area (Å²) in [4.78, 5) is 22.6. The molecule has 1 amide bonds. The van der Waals surface area contributed by atoms with Gasteiger partial charge in [0.2, 0.25) is 5.91 Å².